The molecule has 0 bridgehead atoms. The molecule has 3 aromatic heterocycles. The van der Waals surface area contributed by atoms with Crippen LogP contribution >= 0.6 is 0 Å². The molecule has 3 heterocycles. The smallest absolute Gasteiger partial charge is 0.260 e. The number of hydrogen-bond acceptors (Lipinski definition) is 4. The molecule has 0 aliphatic rings. The molecule has 0 aliphatic carbocycles. The van der Waals surface area contributed by atoms with Crippen LogP contribution in [0, 0.1) is 13.8 Å². The number of rotatable bonds is 6. The number of amides is 1. The second-order valence-electron chi connectivity index (χ2n) is 6.85. The van der Waals surface area contributed by atoms with E-state index in [1.807, 2.05) is 30.7 Å². The molecular formula is C20H24N6O2. The average Bonchev–Trinajstić information content (AvgIpc) is 3.22. The van der Waals surface area contributed by atoms with Crippen LogP contribution in [0.3, 0.4) is 0 Å². The molecule has 0 aromatic carbocycles. The molecule has 146 valence electrons. The van der Waals surface area contributed by atoms with E-state index < -0.39 is 0 Å². The quantitative estimate of drug-likeness (QED) is 0.525. The van der Waals surface area contributed by atoms with Gasteiger partial charge >= 0.3 is 0 Å². The van der Waals surface area contributed by atoms with Gasteiger partial charge in [0.1, 0.15) is 12.4 Å². The van der Waals surface area contributed by atoms with Crippen LogP contribution in [0.4, 0.5) is 0 Å². The van der Waals surface area contributed by atoms with Crippen LogP contribution in [0.2, 0.25) is 0 Å². The van der Waals surface area contributed by atoms with Crippen LogP contribution in [0.25, 0.3) is 5.82 Å². The molecule has 0 radical (unpaired) electrons. The van der Waals surface area contributed by atoms with Crippen molar-refractivity contribution in [2.24, 2.45) is 5.10 Å². The summed E-state index contributed by atoms with van der Waals surface area (Å²) in [6.07, 6.45) is 4.96. The SMILES string of the molecule is Cc1cc(/C=N\NC(=O)Cn2ccccc2=O)c(C)n1-c1ccnn1C(C)C. The van der Waals surface area contributed by atoms with Crippen molar-refractivity contribution in [3.8, 4) is 5.82 Å². The van der Waals surface area contributed by atoms with Gasteiger partial charge in [0.25, 0.3) is 11.5 Å². The van der Waals surface area contributed by atoms with Gasteiger partial charge in [-0.05, 0) is 39.8 Å². The molecule has 0 spiro atoms. The first-order valence-corrected chi connectivity index (χ1v) is 9.08. The third-order valence-electron chi connectivity index (χ3n) is 4.44. The number of nitrogens with zero attached hydrogens (tertiary/aromatic N) is 5. The van der Waals surface area contributed by atoms with Gasteiger partial charge in [0, 0.05) is 41.3 Å². The number of carbonyl (C=O) groups is 1. The van der Waals surface area contributed by atoms with Crippen molar-refractivity contribution in [2.45, 2.75) is 40.3 Å². The Hall–Kier alpha value is -3.42. The minimum Gasteiger partial charge on any atom is -0.306 e. The van der Waals surface area contributed by atoms with Crippen LogP contribution in [-0.2, 0) is 11.3 Å². The van der Waals surface area contributed by atoms with E-state index >= 15 is 0 Å². The zero-order valence-corrected chi connectivity index (χ0v) is 16.5. The molecule has 3 aromatic rings. The monoisotopic (exact) mass is 380 g/mol. The van der Waals surface area contributed by atoms with Crippen molar-refractivity contribution in [1.82, 2.24) is 24.3 Å². The fourth-order valence-corrected chi connectivity index (χ4v) is 3.11. The van der Waals surface area contributed by atoms with E-state index in [2.05, 4.69) is 34.0 Å². The molecule has 0 atom stereocenters. The van der Waals surface area contributed by atoms with Crippen molar-refractivity contribution in [2.75, 3.05) is 0 Å². The first kappa shape index (κ1) is 19.3. The highest BCUT2D eigenvalue weighted by molar-refractivity contribution is 5.84. The first-order chi connectivity index (χ1) is 13.4. The zero-order chi connectivity index (χ0) is 20.3. The summed E-state index contributed by atoms with van der Waals surface area (Å²) in [6, 6.07) is 8.96. The molecule has 0 fully saturated rings. The summed E-state index contributed by atoms with van der Waals surface area (Å²) in [5.74, 6) is 0.619. The van der Waals surface area contributed by atoms with Gasteiger partial charge in [0.05, 0.1) is 12.4 Å². The lowest BCUT2D eigenvalue weighted by molar-refractivity contribution is -0.121. The summed E-state index contributed by atoms with van der Waals surface area (Å²) in [4.78, 5) is 23.7. The van der Waals surface area contributed by atoms with Crippen LogP contribution in [0.15, 0.2) is 52.6 Å². The fourth-order valence-electron chi connectivity index (χ4n) is 3.11. The van der Waals surface area contributed by atoms with Gasteiger partial charge in [0.15, 0.2) is 0 Å². The fraction of sp³-hybridized carbons (Fsp3) is 0.300. The van der Waals surface area contributed by atoms with Crippen molar-refractivity contribution in [3.63, 3.8) is 0 Å². The third kappa shape index (κ3) is 3.95. The molecule has 0 saturated heterocycles. The maximum atomic E-state index is 12.0. The molecule has 1 amide bonds. The van der Waals surface area contributed by atoms with Crippen LogP contribution in [-0.4, -0.2) is 31.0 Å². The molecule has 1 N–H and O–H groups in total. The Balaban J connectivity index is 1.75. The minimum atomic E-state index is -0.365. The second kappa shape index (κ2) is 8.08. The largest absolute Gasteiger partial charge is 0.306 e. The predicted molar refractivity (Wildman–Crippen MR) is 108 cm³/mol. The van der Waals surface area contributed by atoms with Gasteiger partial charge in [-0.3, -0.25) is 9.59 Å². The topological polar surface area (TPSA) is 86.2 Å². The standard InChI is InChI=1S/C20H24N6O2/c1-14(2)26-19(8-9-22-26)25-15(3)11-17(16(25)4)12-21-23-18(27)13-24-10-6-5-7-20(24)28/h5-12,14H,13H2,1-4H3,(H,23,27)/b21-12-. The van der Waals surface area contributed by atoms with Crippen molar-refractivity contribution in [3.05, 3.63) is 70.0 Å². The van der Waals surface area contributed by atoms with Gasteiger partial charge in [0.2, 0.25) is 0 Å². The Morgan fingerprint density at radius 3 is 2.79 bits per heavy atom. The number of nitrogens with one attached hydrogen (secondary N) is 1. The lowest BCUT2D eigenvalue weighted by Crippen LogP contribution is -2.29. The Kier molecular flexibility index (Phi) is 5.58. The van der Waals surface area contributed by atoms with E-state index in [1.165, 1.54) is 10.6 Å². The molecular weight excluding hydrogens is 356 g/mol. The molecule has 0 unspecified atom stereocenters. The number of carbonyl (C=O) groups excluding carboxylic acids is 1. The summed E-state index contributed by atoms with van der Waals surface area (Å²) in [5, 5.41) is 8.44. The summed E-state index contributed by atoms with van der Waals surface area (Å²) < 4.78 is 5.39. The average molecular weight is 380 g/mol. The third-order valence-corrected chi connectivity index (χ3v) is 4.44. The summed E-state index contributed by atoms with van der Waals surface area (Å²) in [6.45, 7) is 8.10. The molecule has 3 rings (SSSR count). The summed E-state index contributed by atoms with van der Waals surface area (Å²) in [7, 11) is 0. The maximum absolute atomic E-state index is 12.0. The van der Waals surface area contributed by atoms with Gasteiger partial charge in [-0.2, -0.15) is 10.2 Å². The highest BCUT2D eigenvalue weighted by Gasteiger charge is 2.14. The maximum Gasteiger partial charge on any atom is 0.260 e. The number of hydrazone groups is 1. The van der Waals surface area contributed by atoms with Gasteiger partial charge < -0.3 is 9.13 Å². The highest BCUT2D eigenvalue weighted by atomic mass is 16.2. The van der Waals surface area contributed by atoms with Crippen molar-refractivity contribution in [1.29, 1.82) is 0 Å². The summed E-state index contributed by atoms with van der Waals surface area (Å²) in [5.41, 5.74) is 5.18. The van der Waals surface area contributed by atoms with Crippen LogP contribution in [0.5, 0.6) is 0 Å². The Morgan fingerprint density at radius 2 is 2.07 bits per heavy atom. The second-order valence-corrected chi connectivity index (χ2v) is 6.85. The number of aryl methyl sites for hydroxylation is 1. The predicted octanol–water partition coefficient (Wildman–Crippen LogP) is 2.18. The Bertz CT molecular complexity index is 1070. The van der Waals surface area contributed by atoms with E-state index in [9.17, 15) is 9.59 Å². The van der Waals surface area contributed by atoms with E-state index in [1.54, 1.807) is 30.7 Å². The molecule has 8 heteroatoms. The van der Waals surface area contributed by atoms with Gasteiger partial charge in [-0.1, -0.05) is 6.07 Å². The normalized spacial score (nSPS) is 11.5. The molecule has 28 heavy (non-hydrogen) atoms. The highest BCUT2D eigenvalue weighted by Crippen LogP contribution is 2.21. The van der Waals surface area contributed by atoms with Gasteiger partial charge in [-0.25, -0.2) is 10.1 Å². The summed E-state index contributed by atoms with van der Waals surface area (Å²) >= 11 is 0. The van der Waals surface area contributed by atoms with Gasteiger partial charge in [-0.15, -0.1) is 0 Å². The molecule has 8 nitrogen and oxygen atoms in total. The first-order valence-electron chi connectivity index (χ1n) is 9.08. The number of pyridine rings is 1. The van der Waals surface area contributed by atoms with Crippen LogP contribution < -0.4 is 11.0 Å². The number of aromatic nitrogens is 4. The van der Waals surface area contributed by atoms with E-state index in [0.29, 0.717) is 0 Å². The Labute approximate surface area is 163 Å². The van der Waals surface area contributed by atoms with Crippen LogP contribution in [0.1, 0.15) is 36.8 Å². The van der Waals surface area contributed by atoms with E-state index in [4.69, 9.17) is 0 Å². The van der Waals surface area contributed by atoms with E-state index in [-0.39, 0.29) is 24.1 Å². The number of hydrogen-bond donors (Lipinski definition) is 1. The minimum absolute atomic E-state index is 0.0798. The molecule has 0 saturated carbocycles. The lowest BCUT2D eigenvalue weighted by Gasteiger charge is -2.14. The lowest BCUT2D eigenvalue weighted by atomic mass is 10.3. The van der Waals surface area contributed by atoms with Crippen molar-refractivity contribution < 1.29 is 4.79 Å². The van der Waals surface area contributed by atoms with E-state index in [0.717, 1.165) is 22.8 Å². The molecule has 0 aliphatic heterocycles. The Morgan fingerprint density at radius 1 is 1.29 bits per heavy atom. The van der Waals surface area contributed by atoms with Crippen molar-refractivity contribution >= 4 is 12.1 Å². The zero-order valence-electron chi connectivity index (χ0n) is 16.5.